The highest BCUT2D eigenvalue weighted by molar-refractivity contribution is 7.89. The van der Waals surface area contributed by atoms with Crippen LogP contribution in [0.5, 0.6) is 0 Å². The van der Waals surface area contributed by atoms with Crippen LogP contribution in [0.25, 0.3) is 10.4 Å². The summed E-state index contributed by atoms with van der Waals surface area (Å²) in [5.41, 5.74) is 0.586. The van der Waals surface area contributed by atoms with E-state index in [4.69, 9.17) is 14.2 Å². The van der Waals surface area contributed by atoms with Crippen molar-refractivity contribution in [3.63, 3.8) is 0 Å². The van der Waals surface area contributed by atoms with Gasteiger partial charge in [-0.3, -0.25) is 10.6 Å². The van der Waals surface area contributed by atoms with E-state index >= 15 is 0 Å². The number of hydrogen-bond acceptors (Lipinski definition) is 9. The van der Waals surface area contributed by atoms with Crippen LogP contribution in [-0.4, -0.2) is 49.9 Å². The van der Waals surface area contributed by atoms with Crippen molar-refractivity contribution < 1.29 is 32.2 Å². The number of ether oxygens (including phenoxy) is 3. The molecule has 214 valence electrons. The number of sulfonamides is 1. The quantitative estimate of drug-likeness (QED) is 0.380. The molecule has 0 fully saturated rings. The molecule has 2 heterocycles. The molecular formula is C26H36N4O7S2. The summed E-state index contributed by atoms with van der Waals surface area (Å²) in [6.45, 7) is 12.4. The zero-order valence-corrected chi connectivity index (χ0v) is 24.8. The molecule has 0 saturated carbocycles. The topological polar surface area (TPSA) is 145 Å². The molecule has 3 rings (SSSR count). The number of thiazole rings is 1. The predicted octanol–water partition coefficient (Wildman–Crippen LogP) is 5.32. The van der Waals surface area contributed by atoms with E-state index in [1.807, 2.05) is 6.08 Å². The smallest absolute Gasteiger partial charge is 0.411 e. The van der Waals surface area contributed by atoms with Gasteiger partial charge in [0.2, 0.25) is 10.0 Å². The average Bonchev–Trinajstić information content (AvgIpc) is 3.27. The second-order valence-corrected chi connectivity index (χ2v) is 13.3. The summed E-state index contributed by atoms with van der Waals surface area (Å²) in [4.78, 5) is 29.1. The highest BCUT2D eigenvalue weighted by Gasteiger charge is 2.28. The number of rotatable bonds is 8. The number of carbonyl (C=O) groups excluding carboxylic acids is 2. The molecule has 0 radical (unpaired) electrons. The van der Waals surface area contributed by atoms with Gasteiger partial charge in [-0.25, -0.2) is 27.7 Å². The minimum Gasteiger partial charge on any atom is -0.447 e. The summed E-state index contributed by atoms with van der Waals surface area (Å²) in [6.07, 6.45) is 1.80. The number of hydrogen-bond donors (Lipinski definition) is 3. The maximum Gasteiger partial charge on any atom is 0.411 e. The van der Waals surface area contributed by atoms with Crippen molar-refractivity contribution in [2.75, 3.05) is 11.9 Å². The molecule has 1 aliphatic heterocycles. The largest absolute Gasteiger partial charge is 0.447 e. The molecule has 1 aromatic carbocycles. The lowest BCUT2D eigenvalue weighted by atomic mass is 10.1. The van der Waals surface area contributed by atoms with Gasteiger partial charge in [-0.2, -0.15) is 0 Å². The standard InChI is InChI=1S/C26H36N4O7S2/c1-15(2)36-24(31)28-17-8-10-19(22(12-17)39(33,34)30-26(5,6)7)21-13-27-23(38-21)20-11-9-18(14-35-20)29-25(32)37-16(3)4/h8-10,12-13,15-16,20,30H,11,14H2,1-7H3,(H,28,31)(H,29,32). The van der Waals surface area contributed by atoms with Gasteiger partial charge in [0.15, 0.2) is 0 Å². The van der Waals surface area contributed by atoms with Crippen molar-refractivity contribution in [1.29, 1.82) is 0 Å². The fraction of sp³-hybridized carbons (Fsp3) is 0.500. The Morgan fingerprint density at radius 1 is 1.08 bits per heavy atom. The minimum atomic E-state index is -3.98. The molecule has 2 amide bonds. The molecule has 0 bridgehead atoms. The lowest BCUT2D eigenvalue weighted by Crippen LogP contribution is -2.40. The van der Waals surface area contributed by atoms with Crippen LogP contribution in [0, 0.1) is 0 Å². The summed E-state index contributed by atoms with van der Waals surface area (Å²) < 4.78 is 45.6. The Balaban J connectivity index is 1.86. The zero-order valence-electron chi connectivity index (χ0n) is 23.2. The Labute approximate surface area is 233 Å². The highest BCUT2D eigenvalue weighted by Crippen LogP contribution is 2.38. The molecule has 3 N–H and O–H groups in total. The molecule has 0 saturated heterocycles. The first-order valence-electron chi connectivity index (χ1n) is 12.5. The van der Waals surface area contributed by atoms with Gasteiger partial charge in [0.1, 0.15) is 11.1 Å². The molecule has 11 nitrogen and oxygen atoms in total. The van der Waals surface area contributed by atoms with Gasteiger partial charge in [0.05, 0.1) is 28.6 Å². The van der Waals surface area contributed by atoms with Crippen LogP contribution >= 0.6 is 11.3 Å². The minimum absolute atomic E-state index is 0.00502. The van der Waals surface area contributed by atoms with Crippen molar-refractivity contribution >= 4 is 39.2 Å². The fourth-order valence-corrected chi connectivity index (χ4v) is 6.36. The average molecular weight is 581 g/mol. The summed E-state index contributed by atoms with van der Waals surface area (Å²) in [7, 11) is -3.98. The number of anilines is 1. The molecule has 0 aliphatic carbocycles. The first kappa shape index (κ1) is 30.5. The van der Waals surface area contributed by atoms with Crippen molar-refractivity contribution in [3.8, 4) is 10.4 Å². The second-order valence-electron chi connectivity index (χ2n) is 10.6. The third-order valence-electron chi connectivity index (χ3n) is 4.99. The highest BCUT2D eigenvalue weighted by atomic mass is 32.2. The molecular weight excluding hydrogens is 544 g/mol. The summed E-state index contributed by atoms with van der Waals surface area (Å²) >= 11 is 1.31. The summed E-state index contributed by atoms with van der Waals surface area (Å²) in [5, 5.41) is 5.92. The number of nitrogens with one attached hydrogen (secondary N) is 3. The zero-order chi connectivity index (χ0) is 29.0. The van der Waals surface area contributed by atoms with Crippen LogP contribution < -0.4 is 15.4 Å². The number of aromatic nitrogens is 1. The lowest BCUT2D eigenvalue weighted by Gasteiger charge is -2.22. The van der Waals surface area contributed by atoms with Crippen LogP contribution in [0.15, 0.2) is 41.1 Å². The van der Waals surface area contributed by atoms with Crippen LogP contribution in [0.4, 0.5) is 15.3 Å². The number of carbonyl (C=O) groups is 2. The first-order chi connectivity index (χ1) is 18.1. The Hall–Kier alpha value is -3.00. The van der Waals surface area contributed by atoms with Crippen LogP contribution in [0.2, 0.25) is 0 Å². The Bertz CT molecular complexity index is 1330. The van der Waals surface area contributed by atoms with E-state index in [9.17, 15) is 18.0 Å². The van der Waals surface area contributed by atoms with E-state index in [2.05, 4.69) is 20.3 Å². The molecule has 1 aromatic heterocycles. The molecule has 2 aromatic rings. The van der Waals surface area contributed by atoms with Gasteiger partial charge in [0, 0.05) is 35.1 Å². The predicted molar refractivity (Wildman–Crippen MR) is 149 cm³/mol. The second kappa shape index (κ2) is 12.5. The van der Waals surface area contributed by atoms with E-state index in [0.29, 0.717) is 27.6 Å². The Kier molecular flexibility index (Phi) is 9.75. The first-order valence-corrected chi connectivity index (χ1v) is 14.8. The van der Waals surface area contributed by atoms with E-state index in [0.717, 1.165) is 0 Å². The molecule has 1 atom stereocenters. The molecule has 0 spiro atoms. The fourth-order valence-electron chi connectivity index (χ4n) is 3.61. The summed E-state index contributed by atoms with van der Waals surface area (Å²) in [5.74, 6) is 0. The van der Waals surface area contributed by atoms with E-state index in [1.54, 1.807) is 66.8 Å². The monoisotopic (exact) mass is 580 g/mol. The van der Waals surface area contributed by atoms with Crippen molar-refractivity contribution in [1.82, 2.24) is 15.0 Å². The third-order valence-corrected chi connectivity index (χ3v) is 7.91. The van der Waals surface area contributed by atoms with Gasteiger partial charge in [-0.15, -0.1) is 11.3 Å². The number of benzene rings is 1. The van der Waals surface area contributed by atoms with Gasteiger partial charge >= 0.3 is 12.2 Å². The van der Waals surface area contributed by atoms with Crippen LogP contribution in [0.3, 0.4) is 0 Å². The molecule has 39 heavy (non-hydrogen) atoms. The van der Waals surface area contributed by atoms with Crippen molar-refractivity contribution in [2.24, 2.45) is 0 Å². The number of alkyl carbamates (subject to hydrolysis) is 1. The van der Waals surface area contributed by atoms with Gasteiger partial charge in [-0.1, -0.05) is 12.1 Å². The van der Waals surface area contributed by atoms with Crippen LogP contribution in [0.1, 0.15) is 66.0 Å². The molecule has 1 unspecified atom stereocenters. The van der Waals surface area contributed by atoms with E-state index in [-0.39, 0.29) is 35.5 Å². The SMILES string of the molecule is CC(C)OC(=O)NC1=CCC(c2ncc(-c3ccc(NC(=O)OC(C)C)cc3S(=O)(=O)NC(C)(C)C)s2)OC1. The van der Waals surface area contributed by atoms with Gasteiger partial charge in [-0.05, 0) is 60.6 Å². The third kappa shape index (κ3) is 9.02. The maximum atomic E-state index is 13.4. The van der Waals surface area contributed by atoms with Crippen molar-refractivity contribution in [2.45, 2.75) is 83.6 Å². The van der Waals surface area contributed by atoms with Gasteiger partial charge < -0.3 is 14.2 Å². The van der Waals surface area contributed by atoms with E-state index < -0.39 is 27.7 Å². The number of amides is 2. The lowest BCUT2D eigenvalue weighted by molar-refractivity contribution is 0.0558. The summed E-state index contributed by atoms with van der Waals surface area (Å²) in [6, 6.07) is 4.64. The maximum absolute atomic E-state index is 13.4. The normalized spacial score (nSPS) is 16.1. The molecule has 13 heteroatoms. The molecule has 1 aliphatic rings. The van der Waals surface area contributed by atoms with Gasteiger partial charge in [0.25, 0.3) is 0 Å². The Morgan fingerprint density at radius 2 is 1.72 bits per heavy atom. The number of nitrogens with zero attached hydrogens (tertiary/aromatic N) is 1. The van der Waals surface area contributed by atoms with Crippen LogP contribution in [-0.2, 0) is 24.2 Å². The van der Waals surface area contributed by atoms with E-state index in [1.165, 1.54) is 17.4 Å². The Morgan fingerprint density at radius 3 is 2.28 bits per heavy atom. The van der Waals surface area contributed by atoms with Crippen molar-refractivity contribution in [3.05, 3.63) is 41.2 Å².